The molecule has 34 heavy (non-hydrogen) atoms. The topological polar surface area (TPSA) is 3.24 Å². The zero-order valence-corrected chi connectivity index (χ0v) is 18.9. The molecule has 0 saturated carbocycles. The van der Waals surface area contributed by atoms with E-state index in [1.54, 1.807) is 11.3 Å². The van der Waals surface area contributed by atoms with Crippen LogP contribution in [0.4, 0.5) is 30.2 Å². The number of thiophene rings is 1. The summed E-state index contributed by atoms with van der Waals surface area (Å²) >= 11 is 1.56. The van der Waals surface area contributed by atoms with Gasteiger partial charge in [0, 0.05) is 26.8 Å². The van der Waals surface area contributed by atoms with Crippen LogP contribution < -0.4 is 4.90 Å². The van der Waals surface area contributed by atoms with E-state index < -0.39 is 11.7 Å². The number of hydrogen-bond acceptors (Lipinski definition) is 2. The summed E-state index contributed by atoms with van der Waals surface area (Å²) in [6.45, 7) is 0. The van der Waals surface area contributed by atoms with E-state index in [9.17, 15) is 13.2 Å². The normalized spacial score (nSPS) is 11.4. The standard InChI is InChI=1S/C29H20F3NS/c30-29(31,32)23-15-11-21(12-16-23)27-19-20-28(34-27)22-13-17-26(18-14-22)33(24-7-3-1-4-8-24)25-9-5-2-6-10-25/h1-20H. The molecule has 5 aromatic rings. The second kappa shape index (κ2) is 9.20. The number of hydrogen-bond donors (Lipinski definition) is 0. The Kier molecular flexibility index (Phi) is 5.95. The van der Waals surface area contributed by atoms with Crippen molar-refractivity contribution < 1.29 is 13.2 Å². The summed E-state index contributed by atoms with van der Waals surface area (Å²) in [6.07, 6.45) is -4.33. The zero-order valence-electron chi connectivity index (χ0n) is 18.0. The van der Waals surface area contributed by atoms with Gasteiger partial charge in [0.1, 0.15) is 0 Å². The second-order valence-electron chi connectivity index (χ2n) is 7.79. The van der Waals surface area contributed by atoms with Crippen molar-refractivity contribution in [3.05, 3.63) is 127 Å². The Bertz CT molecular complexity index is 1320. The van der Waals surface area contributed by atoms with Gasteiger partial charge in [0.05, 0.1) is 5.56 Å². The molecule has 5 heteroatoms. The molecule has 1 heterocycles. The Hall–Kier alpha value is -3.83. The van der Waals surface area contributed by atoms with E-state index in [1.807, 2.05) is 48.5 Å². The Morgan fingerprint density at radius 2 is 0.882 bits per heavy atom. The van der Waals surface area contributed by atoms with Crippen molar-refractivity contribution in [3.63, 3.8) is 0 Å². The van der Waals surface area contributed by atoms with Gasteiger partial charge in [-0.3, -0.25) is 0 Å². The number of rotatable bonds is 5. The highest BCUT2D eigenvalue weighted by Crippen LogP contribution is 2.39. The van der Waals surface area contributed by atoms with Crippen molar-refractivity contribution in [3.8, 4) is 20.9 Å². The first-order valence-electron chi connectivity index (χ1n) is 10.8. The van der Waals surface area contributed by atoms with E-state index in [-0.39, 0.29) is 0 Å². The minimum absolute atomic E-state index is 0.634. The van der Waals surface area contributed by atoms with E-state index >= 15 is 0 Å². The number of nitrogens with zero attached hydrogens (tertiary/aromatic N) is 1. The van der Waals surface area contributed by atoms with Gasteiger partial charge in [-0.25, -0.2) is 0 Å². The van der Waals surface area contributed by atoms with Gasteiger partial charge in [0.25, 0.3) is 0 Å². The highest BCUT2D eigenvalue weighted by molar-refractivity contribution is 7.18. The lowest BCUT2D eigenvalue weighted by molar-refractivity contribution is -0.137. The smallest absolute Gasteiger partial charge is 0.311 e. The van der Waals surface area contributed by atoms with Crippen molar-refractivity contribution in [2.75, 3.05) is 4.90 Å². The molecule has 5 rings (SSSR count). The van der Waals surface area contributed by atoms with Crippen LogP contribution in [-0.2, 0) is 6.18 Å². The average molecular weight is 472 g/mol. The summed E-state index contributed by atoms with van der Waals surface area (Å²) < 4.78 is 38.6. The summed E-state index contributed by atoms with van der Waals surface area (Å²) in [6, 6.07) is 38.0. The van der Waals surface area contributed by atoms with Crippen LogP contribution in [0, 0.1) is 0 Å². The Morgan fingerprint density at radius 3 is 1.32 bits per heavy atom. The third-order valence-corrected chi connectivity index (χ3v) is 6.72. The molecule has 1 aromatic heterocycles. The van der Waals surface area contributed by atoms with E-state index in [2.05, 4.69) is 53.4 Å². The third kappa shape index (κ3) is 4.61. The number of benzene rings is 4. The quantitative estimate of drug-likeness (QED) is 0.247. The van der Waals surface area contributed by atoms with E-state index in [0.717, 1.165) is 50.1 Å². The summed E-state index contributed by atoms with van der Waals surface area (Å²) in [5, 5.41) is 0. The Morgan fingerprint density at radius 1 is 0.471 bits per heavy atom. The fourth-order valence-corrected chi connectivity index (χ4v) is 4.86. The molecule has 0 amide bonds. The molecular weight excluding hydrogens is 451 g/mol. The van der Waals surface area contributed by atoms with Crippen LogP contribution >= 0.6 is 11.3 Å². The van der Waals surface area contributed by atoms with Crippen molar-refractivity contribution >= 4 is 28.4 Å². The molecule has 0 radical (unpaired) electrons. The molecule has 0 N–H and O–H groups in total. The highest BCUT2D eigenvalue weighted by atomic mass is 32.1. The molecule has 1 nitrogen and oxygen atoms in total. The van der Waals surface area contributed by atoms with Crippen LogP contribution in [0.5, 0.6) is 0 Å². The lowest BCUT2D eigenvalue weighted by Gasteiger charge is -2.25. The van der Waals surface area contributed by atoms with Gasteiger partial charge in [-0.15, -0.1) is 11.3 Å². The second-order valence-corrected chi connectivity index (χ2v) is 8.88. The zero-order chi connectivity index (χ0) is 23.5. The number of para-hydroxylation sites is 2. The number of halogens is 3. The maximum Gasteiger partial charge on any atom is 0.416 e. The highest BCUT2D eigenvalue weighted by Gasteiger charge is 2.30. The first-order chi connectivity index (χ1) is 16.5. The van der Waals surface area contributed by atoms with E-state index in [0.29, 0.717) is 0 Å². The molecule has 0 atom stereocenters. The molecule has 0 spiro atoms. The van der Waals surface area contributed by atoms with Crippen LogP contribution in [-0.4, -0.2) is 0 Å². The number of alkyl halides is 3. The third-order valence-electron chi connectivity index (χ3n) is 5.54. The van der Waals surface area contributed by atoms with Gasteiger partial charge in [-0.1, -0.05) is 60.7 Å². The summed E-state index contributed by atoms with van der Waals surface area (Å²) in [4.78, 5) is 4.20. The average Bonchev–Trinajstić information content (AvgIpc) is 3.36. The van der Waals surface area contributed by atoms with Gasteiger partial charge < -0.3 is 4.90 Å². The summed E-state index contributed by atoms with van der Waals surface area (Å²) in [5.41, 5.74) is 4.39. The van der Waals surface area contributed by atoms with Gasteiger partial charge in [-0.05, 0) is 71.8 Å². The van der Waals surface area contributed by atoms with Gasteiger partial charge >= 0.3 is 6.18 Å². The molecule has 0 aliphatic carbocycles. The molecule has 0 fully saturated rings. The monoisotopic (exact) mass is 471 g/mol. The van der Waals surface area contributed by atoms with Crippen molar-refractivity contribution in [2.45, 2.75) is 6.18 Å². The van der Waals surface area contributed by atoms with Crippen LogP contribution in [0.2, 0.25) is 0 Å². The van der Waals surface area contributed by atoms with Crippen molar-refractivity contribution in [1.82, 2.24) is 0 Å². The van der Waals surface area contributed by atoms with Crippen molar-refractivity contribution in [1.29, 1.82) is 0 Å². The fraction of sp³-hybridized carbons (Fsp3) is 0.0345. The largest absolute Gasteiger partial charge is 0.416 e. The minimum atomic E-state index is -4.33. The van der Waals surface area contributed by atoms with Gasteiger partial charge in [0.15, 0.2) is 0 Å². The predicted molar refractivity (Wildman–Crippen MR) is 135 cm³/mol. The van der Waals surface area contributed by atoms with Crippen LogP contribution in [0.1, 0.15) is 5.56 Å². The lowest BCUT2D eigenvalue weighted by atomic mass is 10.1. The van der Waals surface area contributed by atoms with Crippen LogP contribution in [0.25, 0.3) is 20.9 Å². The van der Waals surface area contributed by atoms with Gasteiger partial charge in [-0.2, -0.15) is 13.2 Å². The Labute approximate surface area is 200 Å². The summed E-state index contributed by atoms with van der Waals surface area (Å²) in [5.74, 6) is 0. The van der Waals surface area contributed by atoms with Crippen molar-refractivity contribution in [2.24, 2.45) is 0 Å². The molecule has 0 aliphatic heterocycles. The van der Waals surface area contributed by atoms with Crippen LogP contribution in [0.15, 0.2) is 121 Å². The first kappa shape index (κ1) is 22.0. The Balaban J connectivity index is 1.43. The van der Waals surface area contributed by atoms with E-state index in [1.165, 1.54) is 12.1 Å². The maximum atomic E-state index is 12.9. The predicted octanol–water partition coefficient (Wildman–Crippen LogP) is 9.57. The molecule has 168 valence electrons. The summed E-state index contributed by atoms with van der Waals surface area (Å²) in [7, 11) is 0. The minimum Gasteiger partial charge on any atom is -0.311 e. The van der Waals surface area contributed by atoms with Crippen LogP contribution in [0.3, 0.4) is 0 Å². The van der Waals surface area contributed by atoms with E-state index in [4.69, 9.17) is 0 Å². The molecule has 0 saturated heterocycles. The molecule has 4 aromatic carbocycles. The molecule has 0 aliphatic rings. The molecular formula is C29H20F3NS. The SMILES string of the molecule is FC(F)(F)c1ccc(-c2ccc(-c3ccc(N(c4ccccc4)c4ccccc4)cc3)s2)cc1. The first-order valence-corrected chi connectivity index (χ1v) is 11.6. The lowest BCUT2D eigenvalue weighted by Crippen LogP contribution is -2.09. The maximum absolute atomic E-state index is 12.9. The number of anilines is 3. The van der Waals surface area contributed by atoms with Gasteiger partial charge in [0.2, 0.25) is 0 Å². The fourth-order valence-electron chi connectivity index (χ4n) is 3.85. The molecule has 0 unspecified atom stereocenters. The molecule has 0 bridgehead atoms.